The van der Waals surface area contributed by atoms with E-state index in [-0.39, 0.29) is 11.3 Å². The summed E-state index contributed by atoms with van der Waals surface area (Å²) in [4.78, 5) is 34.2. The Morgan fingerprint density at radius 2 is 1.52 bits per heavy atom. The highest BCUT2D eigenvalue weighted by Gasteiger charge is 2.19. The van der Waals surface area contributed by atoms with E-state index in [0.29, 0.717) is 5.75 Å². The number of ether oxygens (including phenoxy) is 2. The van der Waals surface area contributed by atoms with Gasteiger partial charge in [-0.1, -0.05) is 12.1 Å². The Morgan fingerprint density at radius 1 is 0.870 bits per heavy atom. The maximum atomic E-state index is 12.1. The van der Waals surface area contributed by atoms with Crippen molar-refractivity contribution in [3.8, 4) is 11.5 Å². The van der Waals surface area contributed by atoms with Crippen LogP contribution in [0.5, 0.6) is 11.5 Å². The van der Waals surface area contributed by atoms with Gasteiger partial charge in [0.25, 0.3) is 0 Å². The smallest absolute Gasteiger partial charge is 0.347 e. The van der Waals surface area contributed by atoms with Gasteiger partial charge < -0.3 is 19.7 Å². The summed E-state index contributed by atoms with van der Waals surface area (Å²) in [5.74, 6) is -3.34. The number of carbonyl (C=O) groups is 3. The minimum Gasteiger partial charge on any atom is -0.496 e. The van der Waals surface area contributed by atoms with Gasteiger partial charge in [0, 0.05) is 0 Å². The molecule has 0 spiro atoms. The molecular formula is C16H12O7. The molecule has 0 radical (unpaired) electrons. The Morgan fingerprint density at radius 3 is 2.13 bits per heavy atom. The minimum atomic E-state index is -1.43. The summed E-state index contributed by atoms with van der Waals surface area (Å²) in [5.41, 5.74) is -0.702. The molecule has 0 saturated heterocycles. The van der Waals surface area contributed by atoms with E-state index < -0.39 is 29.0 Å². The summed E-state index contributed by atoms with van der Waals surface area (Å²) in [7, 11) is 1.40. The van der Waals surface area contributed by atoms with Crippen LogP contribution < -0.4 is 9.47 Å². The van der Waals surface area contributed by atoms with Gasteiger partial charge in [-0.2, -0.15) is 0 Å². The summed E-state index contributed by atoms with van der Waals surface area (Å²) in [6.45, 7) is 0. The molecule has 23 heavy (non-hydrogen) atoms. The van der Waals surface area contributed by atoms with E-state index >= 15 is 0 Å². The van der Waals surface area contributed by atoms with E-state index in [1.165, 1.54) is 19.2 Å². The molecule has 2 rings (SSSR count). The fourth-order valence-corrected chi connectivity index (χ4v) is 1.93. The summed E-state index contributed by atoms with van der Waals surface area (Å²) in [6.07, 6.45) is 0. The van der Waals surface area contributed by atoms with Gasteiger partial charge in [0.2, 0.25) is 0 Å². The molecule has 0 aliphatic rings. The Hall–Kier alpha value is -3.35. The van der Waals surface area contributed by atoms with Crippen LogP contribution in [-0.2, 0) is 0 Å². The molecule has 0 saturated carbocycles. The standard InChI is InChI=1S/C16H12O7/c1-22-13-5-3-2-4-11(13)16(21)23-9-6-7-10(14(17)18)12(8-9)15(19)20/h2-8H,1H3,(H,17,18)(H,19,20). The van der Waals surface area contributed by atoms with Crippen LogP contribution in [0.3, 0.4) is 0 Å². The number of para-hydroxylation sites is 1. The molecular weight excluding hydrogens is 304 g/mol. The minimum absolute atomic E-state index is 0.0803. The monoisotopic (exact) mass is 316 g/mol. The van der Waals surface area contributed by atoms with Crippen molar-refractivity contribution in [3.63, 3.8) is 0 Å². The van der Waals surface area contributed by atoms with Crippen molar-refractivity contribution in [2.24, 2.45) is 0 Å². The van der Waals surface area contributed by atoms with Crippen LogP contribution in [0.15, 0.2) is 42.5 Å². The van der Waals surface area contributed by atoms with Gasteiger partial charge in [-0.15, -0.1) is 0 Å². The molecule has 0 amide bonds. The van der Waals surface area contributed by atoms with E-state index in [1.807, 2.05) is 0 Å². The first-order valence-electron chi connectivity index (χ1n) is 6.40. The molecule has 0 aromatic heterocycles. The number of carboxylic acids is 2. The van der Waals surface area contributed by atoms with Crippen LogP contribution in [0.25, 0.3) is 0 Å². The third-order valence-electron chi connectivity index (χ3n) is 2.99. The van der Waals surface area contributed by atoms with Gasteiger partial charge in [0.05, 0.1) is 18.2 Å². The molecule has 0 aliphatic carbocycles. The molecule has 0 heterocycles. The molecule has 2 aromatic carbocycles. The zero-order valence-electron chi connectivity index (χ0n) is 12.0. The number of benzene rings is 2. The molecule has 2 N–H and O–H groups in total. The predicted octanol–water partition coefficient (Wildman–Crippen LogP) is 2.31. The first kappa shape index (κ1) is 16.0. The van der Waals surface area contributed by atoms with E-state index in [4.69, 9.17) is 19.7 Å². The van der Waals surface area contributed by atoms with Crippen LogP contribution in [-0.4, -0.2) is 35.2 Å². The van der Waals surface area contributed by atoms with Gasteiger partial charge >= 0.3 is 17.9 Å². The predicted molar refractivity (Wildman–Crippen MR) is 78.3 cm³/mol. The lowest BCUT2D eigenvalue weighted by Gasteiger charge is -2.09. The lowest BCUT2D eigenvalue weighted by molar-refractivity contribution is 0.0650. The van der Waals surface area contributed by atoms with E-state index in [0.717, 1.165) is 12.1 Å². The number of aromatic carboxylic acids is 2. The van der Waals surface area contributed by atoms with E-state index in [1.54, 1.807) is 18.2 Å². The summed E-state index contributed by atoms with van der Waals surface area (Å²) in [5, 5.41) is 18.0. The van der Waals surface area contributed by atoms with Crippen molar-refractivity contribution < 1.29 is 34.1 Å². The number of carboxylic acid groups (broad SMARTS) is 2. The fraction of sp³-hybridized carbons (Fsp3) is 0.0625. The zero-order valence-corrected chi connectivity index (χ0v) is 12.0. The molecule has 0 atom stereocenters. The highest BCUT2D eigenvalue weighted by atomic mass is 16.5. The summed E-state index contributed by atoms with van der Waals surface area (Å²) in [6, 6.07) is 9.63. The van der Waals surface area contributed by atoms with Crippen molar-refractivity contribution in [2.75, 3.05) is 7.11 Å². The SMILES string of the molecule is COc1ccccc1C(=O)Oc1ccc(C(=O)O)c(C(=O)O)c1. The Bertz CT molecular complexity index is 780. The van der Waals surface area contributed by atoms with Crippen molar-refractivity contribution in [1.82, 2.24) is 0 Å². The summed E-state index contributed by atoms with van der Waals surface area (Å²) >= 11 is 0. The lowest BCUT2D eigenvalue weighted by Crippen LogP contribution is -2.12. The Labute approximate surface area is 130 Å². The number of hydrogen-bond acceptors (Lipinski definition) is 5. The summed E-state index contributed by atoms with van der Waals surface area (Å²) < 4.78 is 10.1. The Kier molecular flexibility index (Phi) is 4.61. The highest BCUT2D eigenvalue weighted by Crippen LogP contribution is 2.22. The maximum absolute atomic E-state index is 12.1. The second-order valence-corrected chi connectivity index (χ2v) is 4.41. The molecule has 0 fully saturated rings. The normalized spacial score (nSPS) is 9.96. The molecule has 7 heteroatoms. The van der Waals surface area contributed by atoms with Gasteiger partial charge in [-0.25, -0.2) is 14.4 Å². The van der Waals surface area contributed by atoms with Crippen molar-refractivity contribution in [2.45, 2.75) is 0 Å². The molecule has 118 valence electrons. The number of carbonyl (C=O) groups excluding carboxylic acids is 1. The average molecular weight is 316 g/mol. The van der Waals surface area contributed by atoms with Crippen LogP contribution in [0.4, 0.5) is 0 Å². The number of methoxy groups -OCH3 is 1. The molecule has 0 aliphatic heterocycles. The second-order valence-electron chi connectivity index (χ2n) is 4.41. The van der Waals surface area contributed by atoms with E-state index in [9.17, 15) is 14.4 Å². The van der Waals surface area contributed by atoms with E-state index in [2.05, 4.69) is 0 Å². The first-order chi connectivity index (χ1) is 10.9. The third-order valence-corrected chi connectivity index (χ3v) is 2.99. The van der Waals surface area contributed by atoms with Crippen molar-refractivity contribution in [3.05, 3.63) is 59.2 Å². The molecule has 7 nitrogen and oxygen atoms in total. The van der Waals surface area contributed by atoms with Crippen molar-refractivity contribution in [1.29, 1.82) is 0 Å². The van der Waals surface area contributed by atoms with Gasteiger partial charge in [-0.05, 0) is 30.3 Å². The third kappa shape index (κ3) is 3.46. The van der Waals surface area contributed by atoms with Crippen LogP contribution in [0.1, 0.15) is 31.1 Å². The molecule has 0 bridgehead atoms. The van der Waals surface area contributed by atoms with Crippen molar-refractivity contribution >= 4 is 17.9 Å². The van der Waals surface area contributed by atoms with Gasteiger partial charge in [-0.3, -0.25) is 0 Å². The number of hydrogen-bond donors (Lipinski definition) is 2. The topological polar surface area (TPSA) is 110 Å². The van der Waals surface area contributed by atoms with Crippen LogP contribution in [0.2, 0.25) is 0 Å². The number of esters is 1. The second kappa shape index (κ2) is 6.61. The van der Waals surface area contributed by atoms with Gasteiger partial charge in [0.15, 0.2) is 0 Å². The molecule has 2 aromatic rings. The molecule has 0 unspecified atom stereocenters. The largest absolute Gasteiger partial charge is 0.496 e. The highest BCUT2D eigenvalue weighted by molar-refractivity contribution is 6.02. The maximum Gasteiger partial charge on any atom is 0.347 e. The quantitative estimate of drug-likeness (QED) is 0.643. The van der Waals surface area contributed by atoms with Gasteiger partial charge in [0.1, 0.15) is 17.1 Å². The fourth-order valence-electron chi connectivity index (χ4n) is 1.93. The van der Waals surface area contributed by atoms with Crippen LogP contribution in [0, 0.1) is 0 Å². The van der Waals surface area contributed by atoms with Crippen LogP contribution >= 0.6 is 0 Å². The average Bonchev–Trinajstić information content (AvgIpc) is 2.54. The zero-order chi connectivity index (χ0) is 17.0. The first-order valence-corrected chi connectivity index (χ1v) is 6.40. The number of rotatable bonds is 5. The lowest BCUT2D eigenvalue weighted by atomic mass is 10.1. The Balaban J connectivity index is 2.33.